The maximum atomic E-state index is 11.6. The van der Waals surface area contributed by atoms with Crippen molar-refractivity contribution in [3.8, 4) is 6.07 Å². The van der Waals surface area contributed by atoms with Crippen LogP contribution in [-0.2, 0) is 9.53 Å². The van der Waals surface area contributed by atoms with Crippen molar-refractivity contribution in [3.63, 3.8) is 0 Å². The van der Waals surface area contributed by atoms with Gasteiger partial charge in [-0.25, -0.2) is 0 Å². The molecule has 4 heteroatoms. The number of carbonyl (C=O) groups excluding carboxylic acids is 1. The molecule has 0 aromatic heterocycles. The van der Waals surface area contributed by atoms with Crippen molar-refractivity contribution in [1.29, 1.82) is 5.26 Å². The Bertz CT molecular complexity index is 444. The Morgan fingerprint density at radius 3 is 2.50 bits per heavy atom. The van der Waals surface area contributed by atoms with Crippen molar-refractivity contribution in [2.75, 3.05) is 11.9 Å². The van der Waals surface area contributed by atoms with E-state index in [1.807, 2.05) is 26.8 Å². The van der Waals surface area contributed by atoms with Crippen LogP contribution in [0.2, 0.25) is 0 Å². The number of nitriles is 1. The summed E-state index contributed by atoms with van der Waals surface area (Å²) in [6.07, 6.45) is 0.844. The van der Waals surface area contributed by atoms with Crippen LogP contribution in [0.4, 0.5) is 5.69 Å². The van der Waals surface area contributed by atoms with Crippen molar-refractivity contribution in [2.24, 2.45) is 0 Å². The van der Waals surface area contributed by atoms with E-state index < -0.39 is 0 Å². The van der Waals surface area contributed by atoms with E-state index >= 15 is 0 Å². The Balaban J connectivity index is 2.47. The zero-order valence-electron chi connectivity index (χ0n) is 11.0. The second-order valence-electron chi connectivity index (χ2n) is 4.64. The van der Waals surface area contributed by atoms with Gasteiger partial charge in [-0.1, -0.05) is 6.92 Å². The van der Waals surface area contributed by atoms with E-state index in [4.69, 9.17) is 10.00 Å². The predicted molar refractivity (Wildman–Crippen MR) is 70.1 cm³/mol. The fraction of sp³-hybridized carbons (Fsp3) is 0.429. The molecule has 1 rings (SSSR count). The number of nitrogens with zero attached hydrogens (tertiary/aromatic N) is 1. The number of carbonyl (C=O) groups is 1. The predicted octanol–water partition coefficient (Wildman–Crippen LogP) is 2.70. The molecule has 0 aliphatic heterocycles. The molecular formula is C14H18N2O2. The number of nitrogens with one attached hydrogen (secondary N) is 1. The van der Waals surface area contributed by atoms with Gasteiger partial charge in [-0.15, -0.1) is 0 Å². The highest BCUT2D eigenvalue weighted by Gasteiger charge is 2.17. The van der Waals surface area contributed by atoms with Gasteiger partial charge in [0, 0.05) is 5.69 Å². The smallest absolute Gasteiger partial charge is 0.250 e. The molecule has 96 valence electrons. The first kappa shape index (κ1) is 14.2. The van der Waals surface area contributed by atoms with Gasteiger partial charge >= 0.3 is 0 Å². The van der Waals surface area contributed by atoms with E-state index in [0.29, 0.717) is 11.3 Å². The lowest BCUT2D eigenvalue weighted by molar-refractivity contribution is -0.126. The number of hydrogen-bond donors (Lipinski definition) is 1. The maximum absolute atomic E-state index is 11.6. The van der Waals surface area contributed by atoms with Crippen molar-refractivity contribution < 1.29 is 9.53 Å². The second-order valence-corrected chi connectivity index (χ2v) is 4.64. The first-order valence-electron chi connectivity index (χ1n) is 5.91. The Kier molecular flexibility index (Phi) is 4.87. The van der Waals surface area contributed by atoms with Crippen LogP contribution in [0.5, 0.6) is 0 Å². The van der Waals surface area contributed by atoms with Crippen LogP contribution < -0.4 is 5.32 Å². The van der Waals surface area contributed by atoms with Crippen LogP contribution in [0.15, 0.2) is 24.3 Å². The van der Waals surface area contributed by atoms with E-state index in [9.17, 15) is 4.79 Å². The molecule has 1 amide bonds. The van der Waals surface area contributed by atoms with Gasteiger partial charge in [-0.3, -0.25) is 4.79 Å². The summed E-state index contributed by atoms with van der Waals surface area (Å²) in [5, 5.41) is 11.4. The number of rotatable bonds is 5. The Hall–Kier alpha value is -1.86. The molecule has 0 spiro atoms. The van der Waals surface area contributed by atoms with E-state index in [1.165, 1.54) is 0 Å². The molecule has 0 saturated heterocycles. The molecule has 0 saturated carbocycles. The number of benzene rings is 1. The van der Waals surface area contributed by atoms with Gasteiger partial charge < -0.3 is 10.1 Å². The molecule has 0 radical (unpaired) electrons. The summed E-state index contributed by atoms with van der Waals surface area (Å²) < 4.78 is 5.49. The van der Waals surface area contributed by atoms with Gasteiger partial charge in [0.05, 0.1) is 17.2 Å². The average molecular weight is 246 g/mol. The normalized spacial score (nSPS) is 10.8. The molecule has 1 N–H and O–H groups in total. The van der Waals surface area contributed by atoms with Crippen molar-refractivity contribution >= 4 is 11.6 Å². The van der Waals surface area contributed by atoms with Gasteiger partial charge in [0.1, 0.15) is 6.61 Å². The Morgan fingerprint density at radius 2 is 2.00 bits per heavy atom. The standard InChI is InChI=1S/C14H18N2O2/c1-4-14(2,3)18-10-13(17)16-12-7-5-11(9-15)6-8-12/h5-8H,4,10H2,1-3H3,(H,16,17). The maximum Gasteiger partial charge on any atom is 0.250 e. The Labute approximate surface area is 108 Å². The highest BCUT2D eigenvalue weighted by molar-refractivity contribution is 5.91. The monoisotopic (exact) mass is 246 g/mol. The van der Waals surface area contributed by atoms with Gasteiger partial charge in [-0.05, 0) is 44.5 Å². The number of hydrogen-bond acceptors (Lipinski definition) is 3. The lowest BCUT2D eigenvalue weighted by Crippen LogP contribution is -2.29. The fourth-order valence-electron chi connectivity index (χ4n) is 1.19. The van der Waals surface area contributed by atoms with Gasteiger partial charge in [-0.2, -0.15) is 5.26 Å². The summed E-state index contributed by atoms with van der Waals surface area (Å²) in [6.45, 7) is 5.93. The first-order chi connectivity index (χ1) is 8.46. The van der Waals surface area contributed by atoms with Crippen LogP contribution in [0.1, 0.15) is 32.8 Å². The average Bonchev–Trinajstić information content (AvgIpc) is 2.37. The second kappa shape index (κ2) is 6.18. The summed E-state index contributed by atoms with van der Waals surface area (Å²) >= 11 is 0. The molecule has 4 nitrogen and oxygen atoms in total. The zero-order chi connectivity index (χ0) is 13.6. The summed E-state index contributed by atoms with van der Waals surface area (Å²) in [4.78, 5) is 11.6. The largest absolute Gasteiger partial charge is 0.366 e. The third-order valence-electron chi connectivity index (χ3n) is 2.74. The van der Waals surface area contributed by atoms with Crippen LogP contribution >= 0.6 is 0 Å². The molecule has 1 aromatic rings. The zero-order valence-corrected chi connectivity index (χ0v) is 11.0. The highest BCUT2D eigenvalue weighted by atomic mass is 16.5. The number of ether oxygens (including phenoxy) is 1. The molecule has 0 aliphatic carbocycles. The van der Waals surface area contributed by atoms with Crippen LogP contribution in [0, 0.1) is 11.3 Å². The molecule has 0 fully saturated rings. The number of anilines is 1. The van der Waals surface area contributed by atoms with Crippen molar-refractivity contribution in [3.05, 3.63) is 29.8 Å². The number of amides is 1. The third kappa shape index (κ3) is 4.56. The quantitative estimate of drug-likeness (QED) is 0.868. The molecule has 0 aliphatic rings. The summed E-state index contributed by atoms with van der Waals surface area (Å²) in [5.74, 6) is -0.193. The van der Waals surface area contributed by atoms with E-state index in [1.54, 1.807) is 24.3 Å². The van der Waals surface area contributed by atoms with Gasteiger partial charge in [0.25, 0.3) is 0 Å². The third-order valence-corrected chi connectivity index (χ3v) is 2.74. The fourth-order valence-corrected chi connectivity index (χ4v) is 1.19. The first-order valence-corrected chi connectivity index (χ1v) is 5.91. The lowest BCUT2D eigenvalue weighted by atomic mass is 10.1. The lowest BCUT2D eigenvalue weighted by Gasteiger charge is -2.22. The van der Waals surface area contributed by atoms with Crippen LogP contribution in [0.25, 0.3) is 0 Å². The molecule has 0 atom stereocenters. The van der Waals surface area contributed by atoms with E-state index in [0.717, 1.165) is 6.42 Å². The molecular weight excluding hydrogens is 228 g/mol. The summed E-state index contributed by atoms with van der Waals surface area (Å²) in [6, 6.07) is 8.73. The van der Waals surface area contributed by atoms with Gasteiger partial charge in [0.2, 0.25) is 5.91 Å². The minimum atomic E-state index is -0.290. The molecule has 0 bridgehead atoms. The topological polar surface area (TPSA) is 62.1 Å². The molecule has 1 aromatic carbocycles. The van der Waals surface area contributed by atoms with E-state index in [2.05, 4.69) is 5.32 Å². The SMILES string of the molecule is CCC(C)(C)OCC(=O)Nc1ccc(C#N)cc1. The van der Waals surface area contributed by atoms with Crippen LogP contribution in [-0.4, -0.2) is 18.1 Å². The molecule has 0 unspecified atom stereocenters. The minimum absolute atomic E-state index is 0.0286. The minimum Gasteiger partial charge on any atom is -0.366 e. The van der Waals surface area contributed by atoms with E-state index in [-0.39, 0.29) is 18.1 Å². The Morgan fingerprint density at radius 1 is 1.39 bits per heavy atom. The summed E-state index contributed by atoms with van der Waals surface area (Å²) in [5.41, 5.74) is 0.940. The van der Waals surface area contributed by atoms with Crippen LogP contribution in [0.3, 0.4) is 0 Å². The summed E-state index contributed by atoms with van der Waals surface area (Å²) in [7, 11) is 0. The highest BCUT2D eigenvalue weighted by Crippen LogP contribution is 2.13. The molecule has 18 heavy (non-hydrogen) atoms. The molecule has 0 heterocycles. The van der Waals surface area contributed by atoms with Crippen molar-refractivity contribution in [2.45, 2.75) is 32.8 Å². The van der Waals surface area contributed by atoms with Gasteiger partial charge in [0.15, 0.2) is 0 Å². The van der Waals surface area contributed by atoms with Crippen molar-refractivity contribution in [1.82, 2.24) is 0 Å².